The highest BCUT2D eigenvalue weighted by atomic mass is 16.6. The maximum Gasteiger partial charge on any atom is 0.269 e. The number of ether oxygens (including phenoxy) is 2. The molecule has 1 aliphatic heterocycles. The van der Waals surface area contributed by atoms with Crippen molar-refractivity contribution in [2.24, 2.45) is 5.84 Å². The molecule has 116 valence electrons. The monoisotopic (exact) mass is 295 g/mol. The van der Waals surface area contributed by atoms with Crippen molar-refractivity contribution in [3.63, 3.8) is 0 Å². The Hall–Kier alpha value is -1.70. The number of benzene rings is 1. The molecule has 1 heterocycles. The Balaban J connectivity index is 2.04. The van der Waals surface area contributed by atoms with Gasteiger partial charge in [-0.3, -0.25) is 16.0 Å². The van der Waals surface area contributed by atoms with Gasteiger partial charge < -0.3 is 14.9 Å². The predicted octanol–water partition coefficient (Wildman–Crippen LogP) is 2.35. The van der Waals surface area contributed by atoms with E-state index in [-0.39, 0.29) is 30.6 Å². The highest BCUT2D eigenvalue weighted by molar-refractivity contribution is 5.55. The van der Waals surface area contributed by atoms with Crippen LogP contribution in [0.4, 0.5) is 11.4 Å². The molecule has 7 nitrogen and oxygen atoms in total. The van der Waals surface area contributed by atoms with E-state index < -0.39 is 4.92 Å². The summed E-state index contributed by atoms with van der Waals surface area (Å²) in [5.41, 5.74) is 3.88. The van der Waals surface area contributed by atoms with Gasteiger partial charge in [-0.2, -0.15) is 0 Å². The van der Waals surface area contributed by atoms with Gasteiger partial charge >= 0.3 is 0 Å². The van der Waals surface area contributed by atoms with E-state index in [0.717, 1.165) is 12.8 Å². The minimum absolute atomic E-state index is 0.0290. The largest absolute Gasteiger partial charge is 0.375 e. The molecule has 0 aliphatic carbocycles. The van der Waals surface area contributed by atoms with E-state index >= 15 is 0 Å². The van der Waals surface area contributed by atoms with Gasteiger partial charge in [-0.25, -0.2) is 0 Å². The zero-order valence-electron chi connectivity index (χ0n) is 12.2. The summed E-state index contributed by atoms with van der Waals surface area (Å²) >= 11 is 0. The number of rotatable bonds is 5. The number of hydrazine groups is 1. The third-order valence-electron chi connectivity index (χ3n) is 3.58. The average Bonchev–Trinajstić information content (AvgIpc) is 2.43. The molecule has 7 heteroatoms. The van der Waals surface area contributed by atoms with E-state index in [2.05, 4.69) is 5.43 Å². The molecule has 0 bridgehead atoms. The van der Waals surface area contributed by atoms with Gasteiger partial charge in [-0.05, 0) is 32.8 Å². The van der Waals surface area contributed by atoms with Crippen LogP contribution in [-0.2, 0) is 16.1 Å². The first-order chi connectivity index (χ1) is 9.99. The normalized spacial score (nSPS) is 25.6. The summed E-state index contributed by atoms with van der Waals surface area (Å²) in [6, 6.07) is 4.49. The van der Waals surface area contributed by atoms with Crippen LogP contribution in [0.2, 0.25) is 0 Å². The third-order valence-corrected chi connectivity index (χ3v) is 3.58. The summed E-state index contributed by atoms with van der Waals surface area (Å²) < 4.78 is 11.6. The zero-order chi connectivity index (χ0) is 15.4. The molecule has 1 fully saturated rings. The summed E-state index contributed by atoms with van der Waals surface area (Å²) in [5, 5.41) is 10.8. The smallest absolute Gasteiger partial charge is 0.269 e. The lowest BCUT2D eigenvalue weighted by molar-refractivity contribution is -0.384. The van der Waals surface area contributed by atoms with Crippen LogP contribution in [0.15, 0.2) is 18.2 Å². The number of nitrogens with zero attached hydrogens (tertiary/aromatic N) is 1. The lowest BCUT2D eigenvalue weighted by atomic mass is 10.0. The van der Waals surface area contributed by atoms with Gasteiger partial charge in [0.05, 0.1) is 35.5 Å². The second-order valence-corrected chi connectivity index (χ2v) is 5.40. The van der Waals surface area contributed by atoms with Crippen LogP contribution >= 0.6 is 0 Å². The quantitative estimate of drug-likeness (QED) is 0.491. The fraction of sp³-hybridized carbons (Fsp3) is 0.571. The number of nitro groups is 1. The van der Waals surface area contributed by atoms with Crippen molar-refractivity contribution in [2.75, 3.05) is 5.43 Å². The number of nitro benzene ring substituents is 1. The number of hydrogen-bond donors (Lipinski definition) is 2. The van der Waals surface area contributed by atoms with Crippen molar-refractivity contribution in [1.29, 1.82) is 0 Å². The number of nitrogen functional groups attached to an aromatic ring is 1. The molecule has 1 aromatic rings. The van der Waals surface area contributed by atoms with E-state index in [1.165, 1.54) is 12.1 Å². The molecule has 1 aliphatic rings. The fourth-order valence-corrected chi connectivity index (χ4v) is 2.64. The molecule has 2 atom stereocenters. The van der Waals surface area contributed by atoms with E-state index in [9.17, 15) is 10.1 Å². The van der Waals surface area contributed by atoms with Gasteiger partial charge in [-0.1, -0.05) is 0 Å². The number of nitrogens with two attached hydrogens (primary N) is 1. The van der Waals surface area contributed by atoms with Crippen molar-refractivity contribution < 1.29 is 14.4 Å². The SMILES string of the molecule is CC1CC(OCc2cc([N+](=O)[O-])ccc2NN)CC(C)O1. The molecular weight excluding hydrogens is 274 g/mol. The molecule has 0 aromatic heterocycles. The Morgan fingerprint density at radius 3 is 2.67 bits per heavy atom. The fourth-order valence-electron chi connectivity index (χ4n) is 2.64. The minimum atomic E-state index is -0.428. The standard InChI is InChI=1S/C14H21N3O4/c1-9-5-13(6-10(2)21-9)20-8-11-7-12(17(18)19)3-4-14(11)16-15/h3-4,7,9-10,13,16H,5-6,8,15H2,1-2H3. The first kappa shape index (κ1) is 15.7. The number of anilines is 1. The molecule has 0 saturated carbocycles. The van der Waals surface area contributed by atoms with Crippen molar-refractivity contribution in [3.8, 4) is 0 Å². The summed E-state index contributed by atoms with van der Waals surface area (Å²) in [6.45, 7) is 4.32. The van der Waals surface area contributed by atoms with Crippen LogP contribution in [0, 0.1) is 10.1 Å². The lowest BCUT2D eigenvalue weighted by Gasteiger charge is -2.32. The maximum absolute atomic E-state index is 10.8. The number of nitrogens with one attached hydrogen (secondary N) is 1. The maximum atomic E-state index is 10.8. The van der Waals surface area contributed by atoms with E-state index in [1.807, 2.05) is 13.8 Å². The Bertz CT molecular complexity index is 499. The summed E-state index contributed by atoms with van der Waals surface area (Å²) in [4.78, 5) is 10.4. The zero-order valence-corrected chi connectivity index (χ0v) is 12.2. The van der Waals surface area contributed by atoms with E-state index in [4.69, 9.17) is 15.3 Å². The first-order valence-electron chi connectivity index (χ1n) is 7.00. The highest BCUT2D eigenvalue weighted by Gasteiger charge is 2.25. The van der Waals surface area contributed by atoms with Gasteiger partial charge in [0.2, 0.25) is 0 Å². The van der Waals surface area contributed by atoms with Gasteiger partial charge in [0.1, 0.15) is 0 Å². The average molecular weight is 295 g/mol. The molecule has 1 saturated heterocycles. The molecule has 3 N–H and O–H groups in total. The first-order valence-corrected chi connectivity index (χ1v) is 7.00. The molecule has 2 unspecified atom stereocenters. The van der Waals surface area contributed by atoms with Crippen LogP contribution in [0.3, 0.4) is 0 Å². The predicted molar refractivity (Wildman–Crippen MR) is 78.7 cm³/mol. The molecule has 2 rings (SSSR count). The Morgan fingerprint density at radius 1 is 1.43 bits per heavy atom. The second-order valence-electron chi connectivity index (χ2n) is 5.40. The number of hydrogen-bond acceptors (Lipinski definition) is 6. The molecule has 1 aromatic carbocycles. The van der Waals surface area contributed by atoms with Crippen LogP contribution < -0.4 is 11.3 Å². The molecule has 0 amide bonds. The summed E-state index contributed by atoms with van der Waals surface area (Å²) in [7, 11) is 0. The minimum Gasteiger partial charge on any atom is -0.375 e. The van der Waals surface area contributed by atoms with Crippen molar-refractivity contribution in [1.82, 2.24) is 0 Å². The molecule has 21 heavy (non-hydrogen) atoms. The molecular formula is C14H21N3O4. The van der Waals surface area contributed by atoms with E-state index in [1.54, 1.807) is 6.07 Å². The third kappa shape index (κ3) is 4.13. The molecule has 0 spiro atoms. The lowest BCUT2D eigenvalue weighted by Crippen LogP contribution is -2.34. The molecule has 0 radical (unpaired) electrons. The number of non-ortho nitro benzene ring substituents is 1. The van der Waals surface area contributed by atoms with Crippen molar-refractivity contribution >= 4 is 11.4 Å². The highest BCUT2D eigenvalue weighted by Crippen LogP contribution is 2.26. The Morgan fingerprint density at radius 2 is 2.10 bits per heavy atom. The van der Waals surface area contributed by atoms with Crippen LogP contribution in [0.5, 0.6) is 0 Å². The van der Waals surface area contributed by atoms with Gasteiger partial charge in [0.15, 0.2) is 0 Å². The topological polar surface area (TPSA) is 99.7 Å². The van der Waals surface area contributed by atoms with Gasteiger partial charge in [-0.15, -0.1) is 0 Å². The van der Waals surface area contributed by atoms with Crippen LogP contribution in [0.25, 0.3) is 0 Å². The van der Waals surface area contributed by atoms with Crippen molar-refractivity contribution in [3.05, 3.63) is 33.9 Å². The Labute approximate surface area is 123 Å². The summed E-state index contributed by atoms with van der Waals surface area (Å²) in [6.07, 6.45) is 2.07. The van der Waals surface area contributed by atoms with Gasteiger partial charge in [0, 0.05) is 17.7 Å². The Kier molecular flexibility index (Phi) is 5.11. The summed E-state index contributed by atoms with van der Waals surface area (Å²) in [5.74, 6) is 5.43. The van der Waals surface area contributed by atoms with Gasteiger partial charge in [0.25, 0.3) is 5.69 Å². The van der Waals surface area contributed by atoms with E-state index in [0.29, 0.717) is 11.3 Å². The second kappa shape index (κ2) is 6.84. The van der Waals surface area contributed by atoms with Crippen molar-refractivity contribution in [2.45, 2.75) is 51.6 Å². The van der Waals surface area contributed by atoms with Crippen LogP contribution in [-0.4, -0.2) is 23.2 Å². The van der Waals surface area contributed by atoms with Crippen LogP contribution in [0.1, 0.15) is 32.3 Å².